The van der Waals surface area contributed by atoms with Crippen molar-refractivity contribution in [3.63, 3.8) is 0 Å². The van der Waals surface area contributed by atoms with Gasteiger partial charge in [0.2, 0.25) is 0 Å². The van der Waals surface area contributed by atoms with Crippen molar-refractivity contribution in [2.24, 2.45) is 0 Å². The average molecular weight is 546 g/mol. The number of hydrogen-bond donors (Lipinski definition) is 0. The first-order valence-electron chi connectivity index (χ1n) is 9.83. The van der Waals surface area contributed by atoms with E-state index in [2.05, 4.69) is 80.6 Å². The van der Waals surface area contributed by atoms with Gasteiger partial charge in [-0.3, -0.25) is 0 Å². The quantitative estimate of drug-likeness (QED) is 0.244. The Labute approximate surface area is 309 Å². The zero-order valence-electron chi connectivity index (χ0n) is 17.3. The summed E-state index contributed by atoms with van der Waals surface area (Å²) in [5, 5.41) is 8.66. The van der Waals surface area contributed by atoms with Gasteiger partial charge in [0.25, 0.3) is 0 Å². The van der Waals surface area contributed by atoms with Crippen LogP contribution in [0.2, 0.25) is 0 Å². The predicted octanol–water partition coefficient (Wildman–Crippen LogP) is 6.75. The molecule has 166 valence electrons. The normalized spacial score (nSPS) is 14.3. The minimum atomic E-state index is 0. The van der Waals surface area contributed by atoms with E-state index in [4.69, 9.17) is 0 Å². The van der Waals surface area contributed by atoms with E-state index in [1.165, 1.54) is 50.6 Å². The van der Waals surface area contributed by atoms with Gasteiger partial charge in [-0.25, -0.2) is 0 Å². The molecule has 0 spiro atoms. The van der Waals surface area contributed by atoms with Crippen molar-refractivity contribution in [3.8, 4) is 11.1 Å². The van der Waals surface area contributed by atoms with Crippen LogP contribution in [0.1, 0.15) is 31.7 Å². The molecule has 3 unspecified atom stereocenters. The topological polar surface area (TPSA) is 0 Å². The van der Waals surface area contributed by atoms with Crippen LogP contribution in [0.5, 0.6) is 0 Å². The SMILES string of the molecule is CCC(C)c1ccc2c3c(ccc2c1)PCPc1ccc2ccccc2c1-3.[Ar].[Ar].[Ar].[Ar]. The molecule has 31 heavy (non-hydrogen) atoms. The molecule has 6 heteroatoms. The van der Waals surface area contributed by atoms with Gasteiger partial charge in [-0.2, -0.15) is 0 Å². The zero-order chi connectivity index (χ0) is 18.4. The Morgan fingerprint density at radius 2 is 1.29 bits per heavy atom. The molecule has 0 aliphatic carbocycles. The summed E-state index contributed by atoms with van der Waals surface area (Å²) in [6.45, 7) is 4.60. The summed E-state index contributed by atoms with van der Waals surface area (Å²) in [4.78, 5) is 0. The molecule has 3 atom stereocenters. The first-order valence-corrected chi connectivity index (χ1v) is 12.2. The summed E-state index contributed by atoms with van der Waals surface area (Å²) >= 11 is 0. The van der Waals surface area contributed by atoms with Crippen molar-refractivity contribution < 1.29 is 151 Å². The molecule has 4 aromatic carbocycles. The average Bonchev–Trinajstić information content (AvgIpc) is 2.92. The van der Waals surface area contributed by atoms with Crippen LogP contribution in [0.15, 0.2) is 66.7 Å². The van der Waals surface area contributed by atoms with Crippen LogP contribution >= 0.6 is 17.2 Å². The molecule has 5 rings (SSSR count). The minimum Gasteiger partial charge on any atom is -0.0852 e. The molecule has 0 saturated carbocycles. The molecule has 0 saturated heterocycles. The van der Waals surface area contributed by atoms with Gasteiger partial charge in [-0.1, -0.05) is 97.7 Å². The summed E-state index contributed by atoms with van der Waals surface area (Å²) in [6, 6.07) is 25.5. The summed E-state index contributed by atoms with van der Waals surface area (Å²) in [5.74, 6) is 1.90. The first kappa shape index (κ1) is 32.3. The Kier molecular flexibility index (Phi) is 15.5. The number of fused-ring (bicyclic) bond motifs is 7. The number of benzene rings is 4. The molecule has 1 heterocycles. The van der Waals surface area contributed by atoms with E-state index < -0.39 is 0 Å². The molecule has 0 nitrogen and oxygen atoms in total. The van der Waals surface area contributed by atoms with Gasteiger partial charge >= 0.3 is 0 Å². The largest absolute Gasteiger partial charge is 0.0852 e. The van der Waals surface area contributed by atoms with Crippen LogP contribution in [0.3, 0.4) is 0 Å². The van der Waals surface area contributed by atoms with E-state index in [9.17, 15) is 0 Å². The Hall–Kier alpha value is 3.30. The minimum absolute atomic E-state index is 0. The molecule has 0 fully saturated rings. The smallest absolute Gasteiger partial charge is 0 e. The van der Waals surface area contributed by atoms with Crippen molar-refractivity contribution in [1.82, 2.24) is 0 Å². The van der Waals surface area contributed by atoms with Crippen molar-refractivity contribution >= 4 is 49.3 Å². The molecule has 1 aliphatic rings. The van der Waals surface area contributed by atoms with E-state index in [0.717, 1.165) is 17.2 Å². The van der Waals surface area contributed by atoms with Crippen LogP contribution in [-0.4, -0.2) is 5.90 Å². The third kappa shape index (κ3) is 6.79. The van der Waals surface area contributed by atoms with Gasteiger partial charge < -0.3 is 0 Å². The molecule has 1 aliphatic heterocycles. The molecule has 0 radical (unpaired) electrons. The van der Waals surface area contributed by atoms with Gasteiger partial charge in [-0.15, -0.1) is 0 Å². The second-order valence-electron chi connectivity index (χ2n) is 7.52. The Morgan fingerprint density at radius 3 is 1.94 bits per heavy atom. The number of hydrogen-bond acceptors (Lipinski definition) is 0. The van der Waals surface area contributed by atoms with Crippen molar-refractivity contribution in [2.75, 3.05) is 5.90 Å². The standard InChI is InChI=1S/C25H24P2.4Ar/c1-3-16(2)18-8-11-21-19(14-18)10-13-23-25(21)24-20-7-5-4-6-17(20)9-12-22(24)26-15-27-23;;;;/h4-14,16,26-27H,3,15H2,1-2H3;;;;. The van der Waals surface area contributed by atoms with Crippen LogP contribution in [-0.2, 0) is 0 Å². The Balaban J connectivity index is 0.00000120. The van der Waals surface area contributed by atoms with Crippen molar-refractivity contribution in [2.45, 2.75) is 26.2 Å². The van der Waals surface area contributed by atoms with Gasteiger partial charge in [0.05, 0.1) is 0 Å². The van der Waals surface area contributed by atoms with Gasteiger partial charge in [0.1, 0.15) is 0 Å². The fourth-order valence-electron chi connectivity index (χ4n) is 4.23. The molecular weight excluding hydrogens is 522 g/mol. The van der Waals surface area contributed by atoms with Gasteiger partial charge in [-0.05, 0) is 67.1 Å². The second-order valence-corrected chi connectivity index (χ2v) is 10.7. The van der Waals surface area contributed by atoms with E-state index in [0.29, 0.717) is 5.92 Å². The molecule has 0 aromatic heterocycles. The Bertz CT molecular complexity index is 1180. The van der Waals surface area contributed by atoms with Gasteiger partial charge in [0.15, 0.2) is 0 Å². The zero-order valence-corrected chi connectivity index (χ0v) is 22.1. The third-order valence-electron chi connectivity index (χ3n) is 5.96. The van der Waals surface area contributed by atoms with E-state index in [1.807, 2.05) is 0 Å². The maximum Gasteiger partial charge on any atom is 0 e. The summed E-state index contributed by atoms with van der Waals surface area (Å²) in [7, 11) is 1.80. The molecular formula is C25H24Ar4P2. The maximum absolute atomic E-state index is 2.42. The maximum atomic E-state index is 2.42. The van der Waals surface area contributed by atoms with Crippen LogP contribution < -0.4 is 10.6 Å². The summed E-state index contributed by atoms with van der Waals surface area (Å²) in [5.41, 5.74) is 4.45. The number of rotatable bonds is 2. The first-order chi connectivity index (χ1) is 13.3. The van der Waals surface area contributed by atoms with Crippen molar-refractivity contribution in [1.29, 1.82) is 0 Å². The van der Waals surface area contributed by atoms with Gasteiger partial charge in [0, 0.05) is 151 Å². The predicted molar refractivity (Wildman–Crippen MR) is 126 cm³/mol. The van der Waals surface area contributed by atoms with Crippen LogP contribution in [0, 0.1) is 151 Å². The fourth-order valence-corrected chi connectivity index (χ4v) is 7.38. The monoisotopic (exact) mass is 546 g/mol. The molecule has 0 N–H and O–H groups in total. The van der Waals surface area contributed by atoms with Crippen molar-refractivity contribution in [3.05, 3.63) is 72.3 Å². The van der Waals surface area contributed by atoms with Crippen LogP contribution in [0.25, 0.3) is 32.7 Å². The fraction of sp³-hybridized carbons (Fsp3) is 0.200. The molecule has 0 bridgehead atoms. The van der Waals surface area contributed by atoms with E-state index in [-0.39, 0.29) is 151 Å². The molecule has 4 aromatic rings. The molecule has 0 amide bonds. The van der Waals surface area contributed by atoms with E-state index in [1.54, 1.807) is 10.6 Å². The Morgan fingerprint density at radius 1 is 0.710 bits per heavy atom. The van der Waals surface area contributed by atoms with E-state index >= 15 is 0 Å². The summed E-state index contributed by atoms with van der Waals surface area (Å²) < 4.78 is 0. The van der Waals surface area contributed by atoms with Crippen LogP contribution in [0.4, 0.5) is 0 Å². The third-order valence-corrected chi connectivity index (χ3v) is 8.97. The second kappa shape index (κ2) is 14.9. The summed E-state index contributed by atoms with van der Waals surface area (Å²) in [6.07, 6.45) is 1.19.